The molecule has 0 aliphatic carbocycles. The minimum absolute atomic E-state index is 0.0331. The van der Waals surface area contributed by atoms with Gasteiger partial charge in [0.1, 0.15) is 5.69 Å². The van der Waals surface area contributed by atoms with Crippen LogP contribution in [0, 0.1) is 13.8 Å². The van der Waals surface area contributed by atoms with Gasteiger partial charge in [0.2, 0.25) is 0 Å². The molecule has 0 atom stereocenters. The molecule has 2 N–H and O–H groups in total. The van der Waals surface area contributed by atoms with Gasteiger partial charge in [0, 0.05) is 13.2 Å². The van der Waals surface area contributed by atoms with Crippen LogP contribution in [0.25, 0.3) is 5.82 Å². The minimum Gasteiger partial charge on any atom is -0.355 e. The first kappa shape index (κ1) is 28.6. The molecular formula is C24H20ClF5N8O2. The van der Waals surface area contributed by atoms with Crippen LogP contribution in [-0.2, 0) is 12.5 Å². The number of hydrogen-bond donors (Lipinski definition) is 2. The summed E-state index contributed by atoms with van der Waals surface area (Å²) in [6, 6.07) is 7.65. The lowest BCUT2D eigenvalue weighted by atomic mass is 10.0. The van der Waals surface area contributed by atoms with Crippen molar-refractivity contribution in [3.05, 3.63) is 81.5 Å². The van der Waals surface area contributed by atoms with E-state index in [0.717, 1.165) is 14.9 Å². The molecule has 0 unspecified atom stereocenters. The molecule has 1 aromatic carbocycles. The molecular weight excluding hydrogens is 563 g/mol. The average Bonchev–Trinajstić information content (AvgIpc) is 3.52. The second-order valence-electron chi connectivity index (χ2n) is 8.65. The van der Waals surface area contributed by atoms with Crippen LogP contribution in [0.2, 0.25) is 5.02 Å². The molecule has 0 fully saturated rings. The number of alkyl halides is 5. The Bertz CT molecular complexity index is 1600. The summed E-state index contributed by atoms with van der Waals surface area (Å²) in [5.74, 6) is -6.36. The van der Waals surface area contributed by atoms with Gasteiger partial charge in [-0.15, -0.1) is 5.10 Å². The Hall–Kier alpha value is -4.40. The maximum Gasteiger partial charge on any atom is 0.459 e. The second-order valence-corrected chi connectivity index (χ2v) is 9.06. The molecule has 0 aliphatic rings. The van der Waals surface area contributed by atoms with E-state index in [0.29, 0.717) is 11.8 Å². The molecule has 10 nitrogen and oxygen atoms in total. The summed E-state index contributed by atoms with van der Waals surface area (Å²) in [6.45, 7) is 3.06. The Balaban J connectivity index is 1.74. The maximum absolute atomic E-state index is 13.7. The Morgan fingerprint density at radius 3 is 2.45 bits per heavy atom. The predicted molar refractivity (Wildman–Crippen MR) is 133 cm³/mol. The first-order valence-corrected chi connectivity index (χ1v) is 11.8. The molecule has 4 aromatic rings. The summed E-state index contributed by atoms with van der Waals surface area (Å²) in [4.78, 5) is 30.1. The molecule has 40 heavy (non-hydrogen) atoms. The van der Waals surface area contributed by atoms with Crippen LogP contribution in [0.5, 0.6) is 0 Å². The highest BCUT2D eigenvalue weighted by atomic mass is 35.5. The van der Waals surface area contributed by atoms with Crippen LogP contribution in [0.15, 0.2) is 42.7 Å². The number of benzene rings is 1. The van der Waals surface area contributed by atoms with E-state index in [9.17, 15) is 31.5 Å². The van der Waals surface area contributed by atoms with E-state index >= 15 is 0 Å². The monoisotopic (exact) mass is 582 g/mol. The Morgan fingerprint density at radius 1 is 1.07 bits per heavy atom. The number of carbonyl (C=O) groups is 2. The summed E-state index contributed by atoms with van der Waals surface area (Å²) >= 11 is 6.26. The number of aromatic nitrogens is 6. The van der Waals surface area contributed by atoms with Gasteiger partial charge < -0.3 is 10.6 Å². The molecule has 0 spiro atoms. The third-order valence-electron chi connectivity index (χ3n) is 5.66. The number of nitrogens with zero attached hydrogens (tertiary/aromatic N) is 6. The Labute approximate surface area is 228 Å². The average molecular weight is 583 g/mol. The number of amides is 2. The third kappa shape index (κ3) is 5.50. The number of pyridine rings is 1. The van der Waals surface area contributed by atoms with Gasteiger partial charge in [-0.2, -0.15) is 27.1 Å². The van der Waals surface area contributed by atoms with Crippen molar-refractivity contribution in [1.82, 2.24) is 35.1 Å². The molecule has 0 bridgehead atoms. The van der Waals surface area contributed by atoms with E-state index in [4.69, 9.17) is 11.6 Å². The van der Waals surface area contributed by atoms with Crippen molar-refractivity contribution in [2.45, 2.75) is 32.5 Å². The van der Waals surface area contributed by atoms with E-state index in [-0.39, 0.29) is 33.5 Å². The highest BCUT2D eigenvalue weighted by Crippen LogP contribution is 2.42. The molecule has 2 amide bonds. The smallest absolute Gasteiger partial charge is 0.355 e. The molecule has 4 rings (SSSR count). The number of rotatable bonds is 7. The first-order valence-electron chi connectivity index (χ1n) is 11.4. The predicted octanol–water partition coefficient (Wildman–Crippen LogP) is 4.44. The van der Waals surface area contributed by atoms with Crippen molar-refractivity contribution in [2.24, 2.45) is 0 Å². The molecule has 16 heteroatoms. The van der Waals surface area contributed by atoms with Crippen molar-refractivity contribution in [1.29, 1.82) is 0 Å². The van der Waals surface area contributed by atoms with E-state index in [1.807, 2.05) is 0 Å². The van der Waals surface area contributed by atoms with Gasteiger partial charge in [-0.05, 0) is 49.2 Å². The zero-order valence-electron chi connectivity index (χ0n) is 21.0. The molecule has 3 aromatic heterocycles. The topological polar surface area (TPSA) is 120 Å². The van der Waals surface area contributed by atoms with Crippen molar-refractivity contribution >= 4 is 29.1 Å². The zero-order chi connectivity index (χ0) is 29.4. The maximum atomic E-state index is 13.7. The minimum atomic E-state index is -5.86. The van der Waals surface area contributed by atoms with Crippen LogP contribution in [0.4, 0.5) is 27.6 Å². The van der Waals surface area contributed by atoms with Crippen molar-refractivity contribution in [2.75, 3.05) is 12.4 Å². The fourth-order valence-corrected chi connectivity index (χ4v) is 4.02. The van der Waals surface area contributed by atoms with E-state index in [2.05, 4.69) is 31.0 Å². The van der Waals surface area contributed by atoms with Gasteiger partial charge in [0.15, 0.2) is 11.5 Å². The lowest BCUT2D eigenvalue weighted by Gasteiger charge is -2.16. The third-order valence-corrected chi connectivity index (χ3v) is 5.96. The van der Waals surface area contributed by atoms with Crippen LogP contribution < -0.4 is 10.6 Å². The van der Waals surface area contributed by atoms with Crippen LogP contribution in [0.1, 0.15) is 43.4 Å². The first-order chi connectivity index (χ1) is 18.7. The van der Waals surface area contributed by atoms with Crippen LogP contribution in [-0.4, -0.2) is 54.8 Å². The highest BCUT2D eigenvalue weighted by Gasteiger charge is 2.60. The SMILES string of the molecule is CNC(=O)c1cc(C)cc(C)c1NC(=O)c1cc(Cn2cc(C(F)(F)C(F)(F)F)nn2)nn1-c1ncccc1Cl. The number of nitrogens with one attached hydrogen (secondary N) is 2. The summed E-state index contributed by atoms with van der Waals surface area (Å²) in [5, 5.41) is 15.9. The Morgan fingerprint density at radius 2 is 1.80 bits per heavy atom. The number of carbonyl (C=O) groups excluding carboxylic acids is 2. The standard InChI is InChI=1S/C24H20ClF5N8O2/c1-12-7-13(2)19(15(8-12)21(39)31-3)33-22(40)17-9-14(35-38(17)20-16(25)5-4-6-32-20)10-37-11-18(34-36-37)23(26,27)24(28,29)30/h4-9,11H,10H2,1-3H3,(H,31,39)(H,33,40). The number of aryl methyl sites for hydroxylation is 2. The second kappa shape index (κ2) is 10.6. The molecule has 0 saturated heterocycles. The quantitative estimate of drug-likeness (QED) is 0.311. The van der Waals surface area contributed by atoms with Gasteiger partial charge in [-0.1, -0.05) is 22.9 Å². The van der Waals surface area contributed by atoms with E-state index < -0.39 is 36.2 Å². The number of hydrogen-bond acceptors (Lipinski definition) is 6. The molecule has 3 heterocycles. The fraction of sp³-hybridized carbons (Fsp3) is 0.250. The number of anilines is 1. The molecule has 0 saturated carbocycles. The summed E-state index contributed by atoms with van der Waals surface area (Å²) in [7, 11) is 1.44. The largest absolute Gasteiger partial charge is 0.459 e. The van der Waals surface area contributed by atoms with Gasteiger partial charge in [0.25, 0.3) is 11.8 Å². The lowest BCUT2D eigenvalue weighted by Crippen LogP contribution is -2.34. The van der Waals surface area contributed by atoms with E-state index in [1.165, 1.54) is 25.4 Å². The molecule has 0 aliphatic heterocycles. The van der Waals surface area contributed by atoms with Gasteiger partial charge in [0.05, 0.1) is 34.7 Å². The molecule has 210 valence electrons. The van der Waals surface area contributed by atoms with Gasteiger partial charge in [-0.3, -0.25) is 9.59 Å². The Kier molecular flexibility index (Phi) is 7.61. The van der Waals surface area contributed by atoms with Gasteiger partial charge in [-0.25, -0.2) is 14.3 Å². The highest BCUT2D eigenvalue weighted by molar-refractivity contribution is 6.32. The number of halogens is 6. The van der Waals surface area contributed by atoms with Crippen LogP contribution in [0.3, 0.4) is 0 Å². The zero-order valence-corrected chi connectivity index (χ0v) is 21.8. The summed E-state index contributed by atoms with van der Waals surface area (Å²) in [5.41, 5.74) is 0.120. The van der Waals surface area contributed by atoms with E-state index in [1.54, 1.807) is 32.0 Å². The van der Waals surface area contributed by atoms with Crippen molar-refractivity contribution < 1.29 is 31.5 Å². The van der Waals surface area contributed by atoms with Crippen LogP contribution >= 0.6 is 11.6 Å². The van der Waals surface area contributed by atoms with Crippen molar-refractivity contribution in [3.8, 4) is 5.82 Å². The fourth-order valence-electron chi connectivity index (χ4n) is 3.82. The molecule has 0 radical (unpaired) electrons. The van der Waals surface area contributed by atoms with Crippen molar-refractivity contribution in [3.63, 3.8) is 0 Å². The summed E-state index contributed by atoms with van der Waals surface area (Å²) in [6.07, 6.45) is -4.04. The lowest BCUT2D eigenvalue weighted by molar-refractivity contribution is -0.291. The van der Waals surface area contributed by atoms with Gasteiger partial charge >= 0.3 is 12.1 Å². The summed E-state index contributed by atoms with van der Waals surface area (Å²) < 4.78 is 67.3. The normalized spacial score (nSPS) is 11.9.